The SMILES string of the molecule is C#CC(/C=C/CC(=O)CC(C)(C)C)=Nc1cc(F)cc(C)c1C.CC.CC1(C)CCC1.[HH]. The number of aliphatic imine (C=N–C) groups is 1. The van der Waals surface area contributed by atoms with Gasteiger partial charge in [0.25, 0.3) is 0 Å². The number of hydrogen-bond acceptors (Lipinski definition) is 2. The number of hydrogen-bond donors (Lipinski definition) is 0. The molecule has 1 aromatic carbocycles. The zero-order valence-corrected chi connectivity index (χ0v) is 21.2. The Kier molecular flexibility index (Phi) is 12.3. The first-order valence-electron chi connectivity index (χ1n) is 11.3. The van der Waals surface area contributed by atoms with Gasteiger partial charge in [-0.1, -0.05) is 66.9 Å². The van der Waals surface area contributed by atoms with E-state index in [1.807, 2.05) is 48.5 Å². The Hall–Kier alpha value is -2.21. The molecule has 0 saturated heterocycles. The molecule has 2 rings (SSSR count). The number of ketones is 1. The van der Waals surface area contributed by atoms with Gasteiger partial charge in [0.1, 0.15) is 17.3 Å². The van der Waals surface area contributed by atoms with Gasteiger partial charge >= 0.3 is 0 Å². The summed E-state index contributed by atoms with van der Waals surface area (Å²) in [4.78, 5) is 16.2. The van der Waals surface area contributed by atoms with Crippen LogP contribution in [0, 0.1) is 42.8 Å². The van der Waals surface area contributed by atoms with E-state index >= 15 is 0 Å². The summed E-state index contributed by atoms with van der Waals surface area (Å²) in [6.07, 6.45) is 14.0. The molecule has 0 N–H and O–H groups in total. The molecular weight excluding hydrogens is 385 g/mol. The molecule has 0 radical (unpaired) electrons. The molecule has 3 heteroatoms. The van der Waals surface area contributed by atoms with Crippen LogP contribution in [0.1, 0.15) is 93.1 Å². The Morgan fingerprint density at radius 1 is 1.26 bits per heavy atom. The molecule has 174 valence electrons. The summed E-state index contributed by atoms with van der Waals surface area (Å²) >= 11 is 0. The lowest BCUT2D eigenvalue weighted by molar-refractivity contribution is -0.119. The Labute approximate surface area is 191 Å². The highest BCUT2D eigenvalue weighted by Crippen LogP contribution is 2.38. The lowest BCUT2D eigenvalue weighted by atomic mass is 9.72. The minimum atomic E-state index is -0.340. The van der Waals surface area contributed by atoms with Crippen LogP contribution in [0.3, 0.4) is 0 Å². The van der Waals surface area contributed by atoms with E-state index in [0.717, 1.165) is 16.5 Å². The van der Waals surface area contributed by atoms with E-state index in [0.29, 0.717) is 24.2 Å². The van der Waals surface area contributed by atoms with Gasteiger partial charge in [-0.15, -0.1) is 6.42 Å². The lowest BCUT2D eigenvalue weighted by Crippen LogP contribution is -2.20. The minimum Gasteiger partial charge on any atom is -0.299 e. The predicted octanol–water partition coefficient (Wildman–Crippen LogP) is 8.57. The van der Waals surface area contributed by atoms with E-state index in [-0.39, 0.29) is 18.4 Å². The van der Waals surface area contributed by atoms with Crippen LogP contribution >= 0.6 is 0 Å². The second-order valence-electron chi connectivity index (χ2n) is 9.91. The van der Waals surface area contributed by atoms with E-state index < -0.39 is 0 Å². The van der Waals surface area contributed by atoms with Gasteiger partial charge in [0.05, 0.1) is 5.69 Å². The fourth-order valence-electron chi connectivity index (χ4n) is 3.01. The number of Topliss-reactive ketones (excluding diaryl/α,β-unsaturated/α-hetero) is 1. The van der Waals surface area contributed by atoms with Crippen molar-refractivity contribution in [2.75, 3.05) is 0 Å². The summed E-state index contributed by atoms with van der Waals surface area (Å²) in [6.45, 7) is 18.4. The van der Waals surface area contributed by atoms with E-state index in [1.54, 1.807) is 12.2 Å². The number of carbonyl (C=O) groups excluding carboxylic acids is 1. The van der Waals surface area contributed by atoms with Crippen molar-refractivity contribution in [3.8, 4) is 12.3 Å². The van der Waals surface area contributed by atoms with Crippen molar-refractivity contribution in [3.63, 3.8) is 0 Å². The quantitative estimate of drug-likeness (QED) is 0.340. The fraction of sp³-hybridized carbons (Fsp3) is 0.571. The molecule has 0 atom stereocenters. The molecule has 0 heterocycles. The van der Waals surface area contributed by atoms with Gasteiger partial charge < -0.3 is 0 Å². The number of nitrogens with zero attached hydrogens (tertiary/aromatic N) is 1. The Balaban J connectivity index is 0. The standard InChI is InChI=1S/C20H24FNO.C6H12.C2H6.H2/c1-7-17(9-8-10-18(23)13-20(4,5)6)22-19-12-16(21)11-14(2)15(19)3;1-6(2)4-3-5-6;1-2;/h1,8-9,11-12H,10,13H2,2-6H3;3-5H2,1-2H3;1-2H3;1H/b9-8+,22-17?;;;. The van der Waals surface area contributed by atoms with Crippen LogP contribution in [0.5, 0.6) is 0 Å². The van der Waals surface area contributed by atoms with Gasteiger partial charge in [0, 0.05) is 14.3 Å². The smallest absolute Gasteiger partial charge is 0.137 e. The van der Waals surface area contributed by atoms with Gasteiger partial charge in [-0.3, -0.25) is 4.79 Å². The molecule has 0 aliphatic heterocycles. The summed E-state index contributed by atoms with van der Waals surface area (Å²) in [5, 5.41) is 0. The third-order valence-corrected chi connectivity index (χ3v) is 5.05. The molecule has 2 nitrogen and oxygen atoms in total. The molecule has 1 aliphatic carbocycles. The monoisotopic (exact) mass is 429 g/mol. The zero-order chi connectivity index (χ0) is 24.2. The molecule has 31 heavy (non-hydrogen) atoms. The Bertz CT molecular complexity index is 817. The first-order chi connectivity index (χ1) is 14.3. The first kappa shape index (κ1) is 28.8. The van der Waals surface area contributed by atoms with Crippen molar-refractivity contribution in [2.45, 2.75) is 94.4 Å². The van der Waals surface area contributed by atoms with Crippen molar-refractivity contribution < 1.29 is 10.6 Å². The molecule has 0 amide bonds. The van der Waals surface area contributed by atoms with Crippen molar-refractivity contribution in [1.82, 2.24) is 0 Å². The highest BCUT2D eigenvalue weighted by molar-refractivity contribution is 6.09. The molecule has 0 aromatic heterocycles. The molecule has 1 fully saturated rings. The third-order valence-electron chi connectivity index (χ3n) is 5.05. The minimum absolute atomic E-state index is 0. The van der Waals surface area contributed by atoms with Gasteiger partial charge in [0.15, 0.2) is 0 Å². The van der Waals surface area contributed by atoms with Crippen LogP contribution in [0.4, 0.5) is 10.1 Å². The van der Waals surface area contributed by atoms with Crippen molar-refractivity contribution >= 4 is 17.2 Å². The van der Waals surface area contributed by atoms with Crippen molar-refractivity contribution in [2.24, 2.45) is 15.8 Å². The molecule has 1 saturated carbocycles. The maximum Gasteiger partial charge on any atom is 0.137 e. The topological polar surface area (TPSA) is 29.4 Å². The fourth-order valence-corrected chi connectivity index (χ4v) is 3.01. The molecular formula is C28H44FNO. The highest BCUT2D eigenvalue weighted by Gasteiger charge is 2.25. The molecule has 1 aromatic rings. The normalized spacial score (nSPS) is 15.1. The second kappa shape index (κ2) is 13.3. The summed E-state index contributed by atoms with van der Waals surface area (Å²) < 4.78 is 13.5. The number of allylic oxidation sites excluding steroid dienone is 2. The summed E-state index contributed by atoms with van der Waals surface area (Å²) in [7, 11) is 0. The maximum atomic E-state index is 13.5. The Morgan fingerprint density at radius 2 is 1.81 bits per heavy atom. The van der Waals surface area contributed by atoms with Crippen LogP contribution in [0.2, 0.25) is 0 Å². The number of halogens is 1. The molecule has 1 aliphatic rings. The van der Waals surface area contributed by atoms with Crippen molar-refractivity contribution in [3.05, 3.63) is 41.2 Å². The molecule has 0 bridgehead atoms. The van der Waals surface area contributed by atoms with E-state index in [1.165, 1.54) is 31.4 Å². The number of aryl methyl sites for hydroxylation is 1. The third kappa shape index (κ3) is 12.3. The molecule has 0 spiro atoms. The Morgan fingerprint density at radius 3 is 2.23 bits per heavy atom. The predicted molar refractivity (Wildman–Crippen MR) is 136 cm³/mol. The van der Waals surface area contributed by atoms with E-state index in [4.69, 9.17) is 6.42 Å². The summed E-state index contributed by atoms with van der Waals surface area (Å²) in [5.41, 5.74) is 3.30. The van der Waals surface area contributed by atoms with E-state index in [9.17, 15) is 9.18 Å². The summed E-state index contributed by atoms with van der Waals surface area (Å²) in [6, 6.07) is 2.82. The van der Waals surface area contributed by atoms with Gasteiger partial charge in [-0.05, 0) is 66.9 Å². The van der Waals surface area contributed by atoms with Gasteiger partial charge in [0.2, 0.25) is 0 Å². The van der Waals surface area contributed by atoms with Gasteiger partial charge in [-0.25, -0.2) is 9.38 Å². The average Bonchev–Trinajstić information content (AvgIpc) is 2.64. The van der Waals surface area contributed by atoms with Crippen LogP contribution in [0.15, 0.2) is 29.3 Å². The zero-order valence-electron chi connectivity index (χ0n) is 21.2. The highest BCUT2D eigenvalue weighted by atomic mass is 19.1. The van der Waals surface area contributed by atoms with E-state index in [2.05, 4.69) is 24.8 Å². The van der Waals surface area contributed by atoms with Crippen LogP contribution in [-0.4, -0.2) is 11.5 Å². The average molecular weight is 430 g/mol. The largest absolute Gasteiger partial charge is 0.299 e. The lowest BCUT2D eigenvalue weighted by Gasteiger charge is -2.33. The first-order valence-corrected chi connectivity index (χ1v) is 11.3. The summed E-state index contributed by atoms with van der Waals surface area (Å²) in [5.74, 6) is 2.28. The van der Waals surface area contributed by atoms with Crippen molar-refractivity contribution in [1.29, 1.82) is 0 Å². The number of rotatable bonds is 5. The maximum absolute atomic E-state index is 13.5. The second-order valence-corrected chi connectivity index (χ2v) is 9.91. The number of carbonyl (C=O) groups is 1. The van der Waals surface area contributed by atoms with Crippen LogP contribution in [0.25, 0.3) is 0 Å². The number of terminal acetylenes is 1. The number of benzene rings is 1. The van der Waals surface area contributed by atoms with Crippen LogP contribution < -0.4 is 0 Å². The molecule has 0 unspecified atom stereocenters. The van der Waals surface area contributed by atoms with Crippen LogP contribution in [-0.2, 0) is 4.79 Å². The van der Waals surface area contributed by atoms with Gasteiger partial charge in [-0.2, -0.15) is 0 Å².